The van der Waals surface area contributed by atoms with Crippen LogP contribution < -0.4 is 4.90 Å². The van der Waals surface area contributed by atoms with Crippen LogP contribution in [0.2, 0.25) is 0 Å². The fourth-order valence-corrected chi connectivity index (χ4v) is 2.63. The molecule has 1 aliphatic rings. The fraction of sp³-hybridized carbons (Fsp3) is 0.222. The van der Waals surface area contributed by atoms with Gasteiger partial charge in [-0.2, -0.15) is 4.98 Å². The molecule has 0 saturated heterocycles. The number of hydrogen-bond acceptors (Lipinski definition) is 7. The quantitative estimate of drug-likeness (QED) is 0.717. The van der Waals surface area contributed by atoms with Gasteiger partial charge < -0.3 is 14.3 Å². The molecule has 0 aliphatic carbocycles. The van der Waals surface area contributed by atoms with E-state index in [0.29, 0.717) is 29.4 Å². The van der Waals surface area contributed by atoms with Crippen LogP contribution in [-0.2, 0) is 4.84 Å². The highest BCUT2D eigenvalue weighted by atomic mass is 19.1. The zero-order valence-corrected chi connectivity index (χ0v) is 14.3. The van der Waals surface area contributed by atoms with Gasteiger partial charge in [0.25, 0.3) is 5.89 Å². The summed E-state index contributed by atoms with van der Waals surface area (Å²) in [5.41, 5.74) is 2.12. The third kappa shape index (κ3) is 3.13. The van der Waals surface area contributed by atoms with Crippen molar-refractivity contribution >= 4 is 11.5 Å². The summed E-state index contributed by atoms with van der Waals surface area (Å²) in [5.74, 6) is 1.26. The van der Waals surface area contributed by atoms with Gasteiger partial charge in [-0.05, 0) is 24.3 Å². The van der Waals surface area contributed by atoms with Crippen molar-refractivity contribution in [3.63, 3.8) is 0 Å². The average molecular weight is 353 g/mol. The molecule has 0 N–H and O–H groups in total. The second-order valence-corrected chi connectivity index (χ2v) is 6.10. The van der Waals surface area contributed by atoms with Crippen molar-refractivity contribution in [1.29, 1.82) is 0 Å². The fourth-order valence-electron chi connectivity index (χ4n) is 2.63. The molecule has 3 heterocycles. The normalized spacial score (nSPS) is 16.3. The monoisotopic (exact) mass is 353 g/mol. The zero-order valence-electron chi connectivity index (χ0n) is 14.3. The molecule has 1 atom stereocenters. The second kappa shape index (κ2) is 6.55. The third-order valence-electron chi connectivity index (χ3n) is 4.01. The van der Waals surface area contributed by atoms with Crippen molar-refractivity contribution in [2.45, 2.75) is 12.5 Å². The summed E-state index contributed by atoms with van der Waals surface area (Å²) in [7, 11) is 3.82. The molecular weight excluding hydrogens is 337 g/mol. The summed E-state index contributed by atoms with van der Waals surface area (Å²) in [4.78, 5) is 16.0. The Bertz CT molecular complexity index is 969. The molecule has 7 nitrogen and oxygen atoms in total. The van der Waals surface area contributed by atoms with Gasteiger partial charge in [-0.25, -0.2) is 9.37 Å². The number of rotatable bonds is 4. The highest BCUT2D eigenvalue weighted by Crippen LogP contribution is 2.30. The Morgan fingerprint density at radius 1 is 1.15 bits per heavy atom. The van der Waals surface area contributed by atoms with E-state index in [4.69, 9.17) is 9.36 Å². The van der Waals surface area contributed by atoms with Crippen LogP contribution in [0.25, 0.3) is 11.4 Å². The highest BCUT2D eigenvalue weighted by Gasteiger charge is 2.29. The Morgan fingerprint density at radius 3 is 2.85 bits per heavy atom. The highest BCUT2D eigenvalue weighted by molar-refractivity contribution is 6.01. The molecule has 1 aliphatic heterocycles. The van der Waals surface area contributed by atoms with Crippen LogP contribution in [0.5, 0.6) is 0 Å². The van der Waals surface area contributed by atoms with Crippen molar-refractivity contribution in [3.05, 3.63) is 59.9 Å². The van der Waals surface area contributed by atoms with Crippen LogP contribution in [0.3, 0.4) is 0 Å². The summed E-state index contributed by atoms with van der Waals surface area (Å²) in [5, 5.41) is 8.05. The van der Waals surface area contributed by atoms with Gasteiger partial charge in [-0.3, -0.25) is 0 Å². The first-order valence-electron chi connectivity index (χ1n) is 8.06. The first-order chi connectivity index (χ1) is 12.6. The molecule has 0 amide bonds. The molecule has 4 rings (SSSR count). The lowest BCUT2D eigenvalue weighted by Crippen LogP contribution is -2.10. The maximum Gasteiger partial charge on any atom is 0.271 e. The first kappa shape index (κ1) is 16.2. The minimum Gasteiger partial charge on any atom is -0.382 e. The summed E-state index contributed by atoms with van der Waals surface area (Å²) in [6, 6.07) is 9.91. The summed E-state index contributed by atoms with van der Waals surface area (Å²) in [6.07, 6.45) is 1.65. The van der Waals surface area contributed by atoms with Crippen LogP contribution in [-0.4, -0.2) is 34.9 Å². The number of halogens is 1. The minimum atomic E-state index is -0.482. The van der Waals surface area contributed by atoms with E-state index in [1.807, 2.05) is 31.1 Å². The van der Waals surface area contributed by atoms with Gasteiger partial charge >= 0.3 is 0 Å². The Morgan fingerprint density at radius 2 is 2.04 bits per heavy atom. The van der Waals surface area contributed by atoms with Crippen molar-refractivity contribution in [2.24, 2.45) is 5.16 Å². The zero-order chi connectivity index (χ0) is 18.1. The number of benzene rings is 1. The van der Waals surface area contributed by atoms with Crippen LogP contribution in [0.1, 0.15) is 24.0 Å². The molecule has 8 heteroatoms. The Kier molecular flexibility index (Phi) is 4.08. The number of nitrogens with zero attached hydrogens (tertiary/aromatic N) is 5. The van der Waals surface area contributed by atoms with Gasteiger partial charge in [-0.15, -0.1) is 0 Å². The Labute approximate surface area is 149 Å². The molecule has 1 aromatic carbocycles. The standard InChI is InChI=1S/C18H16FN5O2/c1-24(2)16-9-12(6-7-20-16)17-21-18(26-23-17)15-10-14(22-25-15)11-4-3-5-13(19)8-11/h3-9,15H,10H2,1-2H3. The van der Waals surface area contributed by atoms with Crippen LogP contribution >= 0.6 is 0 Å². The molecule has 0 bridgehead atoms. The maximum atomic E-state index is 13.4. The predicted molar refractivity (Wildman–Crippen MR) is 93.2 cm³/mol. The van der Waals surface area contributed by atoms with Gasteiger partial charge in [0.2, 0.25) is 11.9 Å². The van der Waals surface area contributed by atoms with E-state index in [1.165, 1.54) is 12.1 Å². The van der Waals surface area contributed by atoms with Crippen LogP contribution in [0.15, 0.2) is 52.3 Å². The van der Waals surface area contributed by atoms with Gasteiger partial charge in [-0.1, -0.05) is 22.4 Å². The number of anilines is 1. The lowest BCUT2D eigenvalue weighted by Gasteiger charge is -2.10. The molecule has 3 aromatic rings. The van der Waals surface area contributed by atoms with Gasteiger partial charge in [0, 0.05) is 37.8 Å². The van der Waals surface area contributed by atoms with Gasteiger partial charge in [0.1, 0.15) is 11.6 Å². The van der Waals surface area contributed by atoms with Crippen molar-refractivity contribution in [3.8, 4) is 11.4 Å². The van der Waals surface area contributed by atoms with Crippen LogP contribution in [0, 0.1) is 5.82 Å². The van der Waals surface area contributed by atoms with Gasteiger partial charge in [0.15, 0.2) is 0 Å². The first-order valence-corrected chi connectivity index (χ1v) is 8.06. The minimum absolute atomic E-state index is 0.317. The number of oxime groups is 1. The lowest BCUT2D eigenvalue weighted by atomic mass is 10.1. The summed E-state index contributed by atoms with van der Waals surface area (Å²) < 4.78 is 18.7. The van der Waals surface area contributed by atoms with Crippen molar-refractivity contribution in [2.75, 3.05) is 19.0 Å². The summed E-state index contributed by atoms with van der Waals surface area (Å²) >= 11 is 0. The molecule has 2 aromatic heterocycles. The molecule has 0 radical (unpaired) electrons. The second-order valence-electron chi connectivity index (χ2n) is 6.10. The van der Waals surface area contributed by atoms with E-state index in [2.05, 4.69) is 20.3 Å². The van der Waals surface area contributed by atoms with E-state index in [1.54, 1.807) is 18.3 Å². The molecule has 0 fully saturated rings. The molecule has 132 valence electrons. The van der Waals surface area contributed by atoms with Gasteiger partial charge in [0.05, 0.1) is 5.71 Å². The average Bonchev–Trinajstić information content (AvgIpc) is 3.31. The Balaban J connectivity index is 1.52. The van der Waals surface area contributed by atoms with Crippen LogP contribution in [0.4, 0.5) is 10.2 Å². The summed E-state index contributed by atoms with van der Waals surface area (Å²) in [6.45, 7) is 0. The van der Waals surface area contributed by atoms with E-state index in [0.717, 1.165) is 11.4 Å². The smallest absolute Gasteiger partial charge is 0.271 e. The van der Waals surface area contributed by atoms with E-state index in [-0.39, 0.29) is 5.82 Å². The lowest BCUT2D eigenvalue weighted by molar-refractivity contribution is 0.0599. The van der Waals surface area contributed by atoms with Crippen molar-refractivity contribution in [1.82, 2.24) is 15.1 Å². The number of pyridine rings is 1. The van der Waals surface area contributed by atoms with E-state index >= 15 is 0 Å². The maximum absolute atomic E-state index is 13.4. The topological polar surface area (TPSA) is 76.6 Å². The molecule has 1 unspecified atom stereocenters. The molecule has 0 saturated carbocycles. The third-order valence-corrected chi connectivity index (χ3v) is 4.01. The van der Waals surface area contributed by atoms with Crippen molar-refractivity contribution < 1.29 is 13.8 Å². The Hall–Kier alpha value is -3.29. The molecule has 26 heavy (non-hydrogen) atoms. The number of hydrogen-bond donors (Lipinski definition) is 0. The molecular formula is C18H16FN5O2. The number of aromatic nitrogens is 3. The molecule has 0 spiro atoms. The SMILES string of the molecule is CN(C)c1cc(-c2noc(C3CC(c4cccc(F)c4)=NO3)n2)ccn1. The van der Waals surface area contributed by atoms with E-state index in [9.17, 15) is 4.39 Å². The predicted octanol–water partition coefficient (Wildman–Crippen LogP) is 3.20. The van der Waals surface area contributed by atoms with E-state index < -0.39 is 6.10 Å². The largest absolute Gasteiger partial charge is 0.382 e.